The molecule has 2 unspecified atom stereocenters. The van der Waals surface area contributed by atoms with Gasteiger partial charge >= 0.3 is 5.69 Å². The number of pyridine rings is 1. The lowest BCUT2D eigenvalue weighted by molar-refractivity contribution is -0.120. The van der Waals surface area contributed by atoms with Gasteiger partial charge in [0.05, 0.1) is 12.6 Å². The Morgan fingerprint density at radius 1 is 1.11 bits per heavy atom. The number of imidazole rings is 1. The second-order valence-corrected chi connectivity index (χ2v) is 9.29. The van der Waals surface area contributed by atoms with Crippen molar-refractivity contribution >= 4 is 5.78 Å². The van der Waals surface area contributed by atoms with Gasteiger partial charge in [-0.3, -0.25) is 18.9 Å². The lowest BCUT2D eigenvalue weighted by Gasteiger charge is -2.14. The van der Waals surface area contributed by atoms with Crippen molar-refractivity contribution in [1.29, 1.82) is 0 Å². The lowest BCUT2D eigenvalue weighted by atomic mass is 10.00. The van der Waals surface area contributed by atoms with Gasteiger partial charge < -0.3 is 0 Å². The summed E-state index contributed by atoms with van der Waals surface area (Å²) in [7, 11) is 0. The number of nitrogens with one attached hydrogen (secondary N) is 1. The maximum absolute atomic E-state index is 13.6. The number of hydrogen-bond donors (Lipinski definition) is 1. The molecule has 4 aromatic rings. The zero-order valence-corrected chi connectivity index (χ0v) is 20.0. The number of aromatic amines is 1. The molecule has 9 nitrogen and oxygen atoms in total. The summed E-state index contributed by atoms with van der Waals surface area (Å²) in [5, 5.41) is 14.0. The van der Waals surface area contributed by atoms with Gasteiger partial charge in [0.1, 0.15) is 0 Å². The Kier molecular flexibility index (Phi) is 6.39. The molecule has 0 bridgehead atoms. The molecule has 0 radical (unpaired) electrons. The van der Waals surface area contributed by atoms with E-state index in [-0.39, 0.29) is 23.4 Å². The largest absolute Gasteiger partial charge is 0.329 e. The van der Waals surface area contributed by atoms with Gasteiger partial charge in [0, 0.05) is 36.3 Å². The monoisotopic (exact) mass is 471 g/mol. The van der Waals surface area contributed by atoms with Crippen LogP contribution in [0.5, 0.6) is 0 Å². The molecule has 0 aliphatic heterocycles. The first kappa shape index (κ1) is 22.9. The van der Waals surface area contributed by atoms with Crippen molar-refractivity contribution in [1.82, 2.24) is 34.7 Å². The molecular weight excluding hydrogens is 442 g/mol. The number of rotatable bonds is 8. The van der Waals surface area contributed by atoms with E-state index in [1.54, 1.807) is 10.8 Å². The number of unbranched alkanes of at least 4 members (excludes halogenated alkanes) is 1. The van der Waals surface area contributed by atoms with Crippen molar-refractivity contribution < 1.29 is 4.79 Å². The van der Waals surface area contributed by atoms with Gasteiger partial charge in [0.25, 0.3) is 0 Å². The summed E-state index contributed by atoms with van der Waals surface area (Å²) in [6, 6.07) is 9.56. The van der Waals surface area contributed by atoms with Gasteiger partial charge in [-0.15, -0.1) is 5.10 Å². The van der Waals surface area contributed by atoms with Gasteiger partial charge in [-0.05, 0) is 58.4 Å². The zero-order chi connectivity index (χ0) is 24.4. The number of aromatic nitrogens is 7. The van der Waals surface area contributed by atoms with Crippen molar-refractivity contribution in [3.05, 3.63) is 70.7 Å². The van der Waals surface area contributed by atoms with Crippen LogP contribution in [0.3, 0.4) is 0 Å². The number of carbonyl (C=O) groups excluding carboxylic acids is 1. The van der Waals surface area contributed by atoms with Crippen LogP contribution < -0.4 is 5.69 Å². The number of tetrazole rings is 1. The molecule has 1 aromatic carbocycles. The summed E-state index contributed by atoms with van der Waals surface area (Å²) in [5.41, 5.74) is 4.71. The van der Waals surface area contributed by atoms with Crippen LogP contribution in [0.2, 0.25) is 0 Å². The van der Waals surface area contributed by atoms with E-state index < -0.39 is 0 Å². The second-order valence-electron chi connectivity index (χ2n) is 9.29. The molecule has 180 valence electrons. The van der Waals surface area contributed by atoms with Gasteiger partial charge in [-0.1, -0.05) is 44.5 Å². The molecule has 0 saturated heterocycles. The molecule has 9 heteroatoms. The highest BCUT2D eigenvalue weighted by Gasteiger charge is 2.35. The minimum absolute atomic E-state index is 0.119. The molecule has 1 saturated carbocycles. The minimum Gasteiger partial charge on any atom is -0.297 e. The highest BCUT2D eigenvalue weighted by molar-refractivity contribution is 5.85. The highest BCUT2D eigenvalue weighted by atomic mass is 16.2. The molecule has 1 fully saturated rings. The molecule has 0 spiro atoms. The molecule has 1 aliphatic carbocycles. The Morgan fingerprint density at radius 2 is 1.91 bits per heavy atom. The fourth-order valence-corrected chi connectivity index (χ4v) is 4.99. The van der Waals surface area contributed by atoms with Crippen molar-refractivity contribution in [2.45, 2.75) is 58.5 Å². The quantitative estimate of drug-likeness (QED) is 0.418. The van der Waals surface area contributed by atoms with Crippen molar-refractivity contribution in [2.75, 3.05) is 0 Å². The van der Waals surface area contributed by atoms with E-state index in [1.807, 2.05) is 47.3 Å². The van der Waals surface area contributed by atoms with Gasteiger partial charge in [0.2, 0.25) is 0 Å². The minimum atomic E-state index is -0.365. The Balaban J connectivity index is 1.51. The van der Waals surface area contributed by atoms with Crippen LogP contribution >= 0.6 is 0 Å². The summed E-state index contributed by atoms with van der Waals surface area (Å²) >= 11 is 0. The van der Waals surface area contributed by atoms with E-state index >= 15 is 0 Å². The molecule has 3 heterocycles. The molecule has 3 aromatic heterocycles. The lowest BCUT2D eigenvalue weighted by Crippen LogP contribution is -2.31. The molecular formula is C26H29N7O2. The number of aryl methyl sites for hydroxylation is 1. The SMILES string of the molecule is CCCCc1cn(C2C(=O)CCC2C)c(=O)n1Cc1cnccc1-c1ccc(-c2nnn[nH]2)cc1. The van der Waals surface area contributed by atoms with Crippen molar-refractivity contribution in [2.24, 2.45) is 5.92 Å². The number of benzene rings is 1. The summed E-state index contributed by atoms with van der Waals surface area (Å²) in [4.78, 5) is 30.5. The summed E-state index contributed by atoms with van der Waals surface area (Å²) in [5.74, 6) is 0.931. The maximum Gasteiger partial charge on any atom is 0.329 e. The van der Waals surface area contributed by atoms with E-state index in [9.17, 15) is 9.59 Å². The third-order valence-electron chi connectivity index (χ3n) is 6.93. The summed E-state index contributed by atoms with van der Waals surface area (Å²) in [6.45, 7) is 4.60. The van der Waals surface area contributed by atoms with Crippen LogP contribution in [0.15, 0.2) is 53.7 Å². The number of H-pyrrole nitrogens is 1. The van der Waals surface area contributed by atoms with Gasteiger partial charge in [-0.2, -0.15) is 0 Å². The predicted octanol–water partition coefficient (Wildman–Crippen LogP) is 3.82. The van der Waals surface area contributed by atoms with Crippen molar-refractivity contribution in [3.63, 3.8) is 0 Å². The van der Waals surface area contributed by atoms with E-state index in [0.29, 0.717) is 18.8 Å². The Hall–Kier alpha value is -3.88. The van der Waals surface area contributed by atoms with E-state index in [1.165, 1.54) is 0 Å². The first-order chi connectivity index (χ1) is 17.1. The third kappa shape index (κ3) is 4.45. The van der Waals surface area contributed by atoms with Crippen LogP contribution in [0.25, 0.3) is 22.5 Å². The fourth-order valence-electron chi connectivity index (χ4n) is 4.99. The Morgan fingerprint density at radius 3 is 2.60 bits per heavy atom. The molecule has 1 aliphatic rings. The van der Waals surface area contributed by atoms with E-state index in [2.05, 4.69) is 39.5 Å². The number of nitrogens with zero attached hydrogens (tertiary/aromatic N) is 6. The molecule has 35 heavy (non-hydrogen) atoms. The molecule has 5 rings (SSSR count). The second kappa shape index (κ2) is 9.77. The zero-order valence-electron chi connectivity index (χ0n) is 20.0. The normalized spacial score (nSPS) is 17.8. The molecule has 2 atom stereocenters. The molecule has 1 N–H and O–H groups in total. The Labute approximate surface area is 203 Å². The predicted molar refractivity (Wildman–Crippen MR) is 132 cm³/mol. The number of Topliss-reactive ketones (excluding diaryl/α,β-unsaturated/α-hetero) is 1. The number of ketones is 1. The van der Waals surface area contributed by atoms with Crippen LogP contribution in [-0.4, -0.2) is 40.5 Å². The van der Waals surface area contributed by atoms with E-state index in [4.69, 9.17) is 0 Å². The standard InChI is InChI=1S/C26H29N7O2/c1-3-4-5-21-16-33(24-17(2)6-11-23(24)34)26(35)32(21)15-20-14-27-13-12-22(20)18-7-9-19(10-8-18)25-28-30-31-29-25/h7-10,12-14,16-17,24H,3-6,11,15H2,1-2H3,(H,28,29,30,31). The third-order valence-corrected chi connectivity index (χ3v) is 6.93. The molecule has 0 amide bonds. The highest BCUT2D eigenvalue weighted by Crippen LogP contribution is 2.32. The summed E-state index contributed by atoms with van der Waals surface area (Å²) in [6.07, 6.45) is 9.68. The average molecular weight is 472 g/mol. The average Bonchev–Trinajstić information content (AvgIpc) is 3.60. The van der Waals surface area contributed by atoms with E-state index in [0.717, 1.165) is 53.6 Å². The first-order valence-corrected chi connectivity index (χ1v) is 12.2. The number of hydrogen-bond acceptors (Lipinski definition) is 6. The van der Waals surface area contributed by atoms with Gasteiger partial charge in [0.15, 0.2) is 11.6 Å². The smallest absolute Gasteiger partial charge is 0.297 e. The van der Waals surface area contributed by atoms with Crippen molar-refractivity contribution in [3.8, 4) is 22.5 Å². The number of carbonyl (C=O) groups is 1. The fraction of sp³-hybridized carbons (Fsp3) is 0.385. The first-order valence-electron chi connectivity index (χ1n) is 12.2. The van der Waals surface area contributed by atoms with Gasteiger partial charge in [-0.25, -0.2) is 9.89 Å². The van der Waals surface area contributed by atoms with Crippen LogP contribution in [-0.2, 0) is 17.8 Å². The summed E-state index contributed by atoms with van der Waals surface area (Å²) < 4.78 is 3.50. The topological polar surface area (TPSA) is 111 Å². The maximum atomic E-state index is 13.6. The van der Waals surface area contributed by atoms with Crippen LogP contribution in [0.1, 0.15) is 56.8 Å². The van der Waals surface area contributed by atoms with Crippen LogP contribution in [0.4, 0.5) is 0 Å². The Bertz CT molecular complexity index is 1370. The van der Waals surface area contributed by atoms with Crippen LogP contribution in [0, 0.1) is 5.92 Å².